The Morgan fingerprint density at radius 2 is 1.57 bits per heavy atom. The molecule has 4 heteroatoms. The number of piperidine rings is 1. The van der Waals surface area contributed by atoms with Crippen molar-refractivity contribution in [3.8, 4) is 0 Å². The van der Waals surface area contributed by atoms with E-state index in [-0.39, 0.29) is 18.1 Å². The lowest BCUT2D eigenvalue weighted by Crippen LogP contribution is -2.61. The molecule has 1 aromatic carbocycles. The van der Waals surface area contributed by atoms with Crippen LogP contribution in [0, 0.1) is 29.6 Å². The van der Waals surface area contributed by atoms with Crippen molar-refractivity contribution in [1.29, 1.82) is 0 Å². The number of aliphatic hydroxyl groups excluding tert-OH is 2. The monoisotopic (exact) mass is 383 g/mol. The molecule has 0 aromatic heterocycles. The van der Waals surface area contributed by atoms with Gasteiger partial charge in [-0.1, -0.05) is 30.3 Å². The Kier molecular flexibility index (Phi) is 4.75. The largest absolute Gasteiger partial charge is 0.396 e. The zero-order valence-corrected chi connectivity index (χ0v) is 16.7. The summed E-state index contributed by atoms with van der Waals surface area (Å²) in [6.07, 6.45) is 6.63. The first kappa shape index (κ1) is 18.6. The fourth-order valence-electron chi connectivity index (χ4n) is 7.30. The number of carbonyl (C=O) groups is 1. The molecule has 6 rings (SSSR count). The first-order valence-electron chi connectivity index (χ1n) is 11.2. The molecule has 1 aromatic rings. The first-order valence-corrected chi connectivity index (χ1v) is 11.2. The molecular formula is C24H33NO3. The van der Waals surface area contributed by atoms with Crippen molar-refractivity contribution in [2.24, 2.45) is 29.6 Å². The van der Waals surface area contributed by atoms with Crippen molar-refractivity contribution >= 4 is 5.91 Å². The number of hydrogen-bond donors (Lipinski definition) is 2. The Labute approximate surface area is 167 Å². The zero-order chi connectivity index (χ0) is 19.3. The molecule has 28 heavy (non-hydrogen) atoms. The van der Waals surface area contributed by atoms with Gasteiger partial charge in [0.15, 0.2) is 0 Å². The van der Waals surface area contributed by atoms with Gasteiger partial charge in [-0.2, -0.15) is 0 Å². The molecule has 1 aliphatic heterocycles. The van der Waals surface area contributed by atoms with E-state index >= 15 is 0 Å². The predicted octanol–water partition coefficient (Wildman–Crippen LogP) is 2.97. The van der Waals surface area contributed by atoms with Crippen LogP contribution in [0.5, 0.6) is 0 Å². The smallest absolute Gasteiger partial charge is 0.223 e. The fourth-order valence-corrected chi connectivity index (χ4v) is 7.30. The van der Waals surface area contributed by atoms with Gasteiger partial charge in [0.2, 0.25) is 5.91 Å². The molecule has 1 saturated heterocycles. The minimum Gasteiger partial charge on any atom is -0.396 e. The molecule has 5 aliphatic rings. The van der Waals surface area contributed by atoms with E-state index in [4.69, 9.17) is 0 Å². The third-order valence-corrected chi connectivity index (χ3v) is 8.75. The maximum Gasteiger partial charge on any atom is 0.223 e. The number of rotatable bonds is 4. The molecule has 5 fully saturated rings. The predicted molar refractivity (Wildman–Crippen MR) is 108 cm³/mol. The van der Waals surface area contributed by atoms with Gasteiger partial charge >= 0.3 is 0 Å². The van der Waals surface area contributed by atoms with Crippen LogP contribution in [0.4, 0.5) is 0 Å². The van der Waals surface area contributed by atoms with Crippen LogP contribution >= 0.6 is 0 Å². The Morgan fingerprint density at radius 3 is 2.11 bits per heavy atom. The second-order valence-electron chi connectivity index (χ2n) is 9.94. The van der Waals surface area contributed by atoms with Crippen LogP contribution in [0.1, 0.15) is 50.5 Å². The van der Waals surface area contributed by atoms with Crippen molar-refractivity contribution in [2.45, 2.75) is 56.5 Å². The van der Waals surface area contributed by atoms with Gasteiger partial charge in [-0.25, -0.2) is 0 Å². The Morgan fingerprint density at radius 1 is 1.00 bits per heavy atom. The minimum atomic E-state index is -0.116. The molecule has 152 valence electrons. The zero-order valence-electron chi connectivity index (χ0n) is 16.7. The standard InChI is InChI=1S/C24H33NO3/c26-15-16-6-8-25(9-7-16)22(27)14-24(19-4-2-1-3-5-19)20-10-17-11-21(24)13-18(12-20)23(17)28/h1-5,16-18,20-21,23,26,28H,6-15H2. The Hall–Kier alpha value is -1.39. The van der Waals surface area contributed by atoms with Gasteiger partial charge in [-0.15, -0.1) is 0 Å². The van der Waals surface area contributed by atoms with Crippen LogP contribution in [0.15, 0.2) is 30.3 Å². The normalized spacial score (nSPS) is 40.1. The molecular weight excluding hydrogens is 350 g/mol. The average Bonchev–Trinajstić information content (AvgIpc) is 2.73. The third kappa shape index (κ3) is 2.83. The molecule has 0 unspecified atom stereocenters. The summed E-state index contributed by atoms with van der Waals surface area (Å²) in [7, 11) is 0. The van der Waals surface area contributed by atoms with Crippen LogP contribution in [-0.4, -0.2) is 46.8 Å². The van der Waals surface area contributed by atoms with Crippen LogP contribution in [0.3, 0.4) is 0 Å². The van der Waals surface area contributed by atoms with Gasteiger partial charge in [0.25, 0.3) is 0 Å². The summed E-state index contributed by atoms with van der Waals surface area (Å²) in [5.74, 6) is 2.56. The highest BCUT2D eigenvalue weighted by molar-refractivity contribution is 5.78. The Balaban J connectivity index is 1.43. The van der Waals surface area contributed by atoms with E-state index in [1.54, 1.807) is 0 Å². The number of carbonyl (C=O) groups excluding carboxylic acids is 1. The highest BCUT2D eigenvalue weighted by atomic mass is 16.3. The van der Waals surface area contributed by atoms with Crippen molar-refractivity contribution in [1.82, 2.24) is 4.90 Å². The van der Waals surface area contributed by atoms with Crippen molar-refractivity contribution in [3.05, 3.63) is 35.9 Å². The Bertz CT molecular complexity index is 680. The molecule has 0 spiro atoms. The summed E-state index contributed by atoms with van der Waals surface area (Å²) in [5.41, 5.74) is 1.29. The highest BCUT2D eigenvalue weighted by Crippen LogP contribution is 2.64. The lowest BCUT2D eigenvalue weighted by atomic mass is 9.42. The van der Waals surface area contributed by atoms with Crippen molar-refractivity contribution in [3.63, 3.8) is 0 Å². The maximum atomic E-state index is 13.4. The SMILES string of the molecule is O=C(CC1(c2ccccc2)C2CC3CC1CC(C2)C3O)N1CCC(CO)CC1. The lowest BCUT2D eigenvalue weighted by molar-refractivity contribution is -0.153. The van der Waals surface area contributed by atoms with Gasteiger partial charge in [0.05, 0.1) is 6.10 Å². The molecule has 1 heterocycles. The van der Waals surface area contributed by atoms with Gasteiger partial charge in [0, 0.05) is 31.5 Å². The van der Waals surface area contributed by atoms with E-state index in [9.17, 15) is 15.0 Å². The van der Waals surface area contributed by atoms with E-state index in [2.05, 4.69) is 35.2 Å². The topological polar surface area (TPSA) is 60.8 Å². The first-order chi connectivity index (χ1) is 13.6. The number of hydrogen-bond acceptors (Lipinski definition) is 3. The second-order valence-corrected chi connectivity index (χ2v) is 9.94. The third-order valence-electron chi connectivity index (χ3n) is 8.75. The second kappa shape index (κ2) is 7.14. The molecule has 4 bridgehead atoms. The van der Waals surface area contributed by atoms with Crippen LogP contribution in [0.25, 0.3) is 0 Å². The summed E-state index contributed by atoms with van der Waals surface area (Å²) in [5, 5.41) is 20.0. The summed E-state index contributed by atoms with van der Waals surface area (Å²) < 4.78 is 0. The number of nitrogens with zero attached hydrogens (tertiary/aromatic N) is 1. The fraction of sp³-hybridized carbons (Fsp3) is 0.708. The van der Waals surface area contributed by atoms with E-state index in [1.165, 1.54) is 5.56 Å². The number of amides is 1. The van der Waals surface area contributed by atoms with Gasteiger partial charge in [0.1, 0.15) is 0 Å². The molecule has 1 amide bonds. The van der Waals surface area contributed by atoms with Gasteiger partial charge in [-0.05, 0) is 73.7 Å². The number of likely N-dealkylation sites (tertiary alicyclic amines) is 1. The van der Waals surface area contributed by atoms with Gasteiger partial charge < -0.3 is 15.1 Å². The van der Waals surface area contributed by atoms with E-state index < -0.39 is 0 Å². The molecule has 4 aliphatic carbocycles. The molecule has 4 saturated carbocycles. The van der Waals surface area contributed by atoms with E-state index in [0.29, 0.717) is 41.9 Å². The quantitative estimate of drug-likeness (QED) is 0.840. The van der Waals surface area contributed by atoms with Crippen LogP contribution in [0.2, 0.25) is 0 Å². The minimum absolute atomic E-state index is 0.0562. The van der Waals surface area contributed by atoms with E-state index in [0.717, 1.165) is 51.6 Å². The average molecular weight is 384 g/mol. The van der Waals surface area contributed by atoms with Crippen molar-refractivity contribution < 1.29 is 15.0 Å². The van der Waals surface area contributed by atoms with Crippen LogP contribution in [-0.2, 0) is 10.2 Å². The summed E-state index contributed by atoms with van der Waals surface area (Å²) >= 11 is 0. The lowest BCUT2D eigenvalue weighted by Gasteiger charge is -2.63. The maximum absolute atomic E-state index is 13.4. The molecule has 0 atom stereocenters. The summed E-state index contributed by atoms with van der Waals surface area (Å²) in [6, 6.07) is 10.8. The molecule has 4 nitrogen and oxygen atoms in total. The van der Waals surface area contributed by atoms with E-state index in [1.807, 2.05) is 0 Å². The highest BCUT2D eigenvalue weighted by Gasteiger charge is 2.61. The number of aliphatic hydroxyl groups is 2. The molecule has 0 radical (unpaired) electrons. The summed E-state index contributed by atoms with van der Waals surface area (Å²) in [4.78, 5) is 15.5. The van der Waals surface area contributed by atoms with Crippen LogP contribution < -0.4 is 0 Å². The number of benzene rings is 1. The van der Waals surface area contributed by atoms with Gasteiger partial charge in [-0.3, -0.25) is 4.79 Å². The van der Waals surface area contributed by atoms with Crippen molar-refractivity contribution in [2.75, 3.05) is 19.7 Å². The summed E-state index contributed by atoms with van der Waals surface area (Å²) in [6.45, 7) is 1.81. The molecule has 2 N–H and O–H groups in total.